The molecule has 0 aliphatic heterocycles. The number of hydrogen-bond donors (Lipinski definition) is 0. The summed E-state index contributed by atoms with van der Waals surface area (Å²) < 4.78 is 44.7. The number of rotatable bonds is 3. The molecule has 0 atom stereocenters. The van der Waals surface area contributed by atoms with E-state index in [-0.39, 0.29) is 33.5 Å². The number of hydrogen-bond acceptors (Lipinski definition) is 6. The van der Waals surface area contributed by atoms with Crippen LogP contribution in [0.15, 0.2) is 22.4 Å². The minimum absolute atomic E-state index is 0.00104. The highest BCUT2D eigenvalue weighted by Crippen LogP contribution is 2.32. The van der Waals surface area contributed by atoms with Crippen molar-refractivity contribution in [2.75, 3.05) is 6.61 Å². The number of carbonyl (C=O) groups excluding carboxylic acids is 1. The number of carbonyl (C=O) groups is 1. The third kappa shape index (κ3) is 3.54. The van der Waals surface area contributed by atoms with Crippen LogP contribution < -0.4 is 5.43 Å². The summed E-state index contributed by atoms with van der Waals surface area (Å²) in [6.45, 7) is 3.18. The maximum atomic E-state index is 12.9. The molecule has 142 valence electrons. The molecule has 27 heavy (non-hydrogen) atoms. The number of esters is 1. The molecule has 0 fully saturated rings. The number of ether oxygens (including phenoxy) is 1. The Morgan fingerprint density at radius 3 is 2.67 bits per heavy atom. The predicted octanol–water partition coefficient (Wildman–Crippen LogP) is 4.00. The first-order chi connectivity index (χ1) is 12.6. The summed E-state index contributed by atoms with van der Waals surface area (Å²) in [5.74, 6) is -0.889. The fourth-order valence-electron chi connectivity index (χ4n) is 2.46. The van der Waals surface area contributed by atoms with E-state index in [0.717, 1.165) is 16.1 Å². The normalized spacial score (nSPS) is 11.8. The van der Waals surface area contributed by atoms with Gasteiger partial charge in [-0.2, -0.15) is 13.2 Å². The van der Waals surface area contributed by atoms with Gasteiger partial charge in [-0.25, -0.2) is 14.8 Å². The largest absolute Gasteiger partial charge is 0.462 e. The zero-order chi connectivity index (χ0) is 19.9. The predicted molar refractivity (Wildman–Crippen MR) is 93.7 cm³/mol. The second-order valence-corrected chi connectivity index (χ2v) is 6.66. The lowest BCUT2D eigenvalue weighted by Crippen LogP contribution is -2.22. The first-order valence-electron chi connectivity index (χ1n) is 7.56. The van der Waals surface area contributed by atoms with Crippen LogP contribution in [0.4, 0.5) is 13.2 Å². The van der Waals surface area contributed by atoms with Crippen LogP contribution in [0.3, 0.4) is 0 Å². The highest BCUT2D eigenvalue weighted by molar-refractivity contribution is 7.12. The van der Waals surface area contributed by atoms with E-state index >= 15 is 0 Å². The van der Waals surface area contributed by atoms with Crippen molar-refractivity contribution in [3.05, 3.63) is 49.8 Å². The van der Waals surface area contributed by atoms with E-state index in [0.29, 0.717) is 16.9 Å². The molecule has 11 heteroatoms. The van der Waals surface area contributed by atoms with Gasteiger partial charge in [-0.1, -0.05) is 11.6 Å². The summed E-state index contributed by atoms with van der Waals surface area (Å²) in [5.41, 5.74) is -1.65. The van der Waals surface area contributed by atoms with Crippen molar-refractivity contribution < 1.29 is 22.7 Å². The van der Waals surface area contributed by atoms with E-state index < -0.39 is 23.3 Å². The van der Waals surface area contributed by atoms with Crippen LogP contribution in [0.5, 0.6) is 0 Å². The maximum absolute atomic E-state index is 12.9. The van der Waals surface area contributed by atoms with Crippen LogP contribution in [-0.2, 0) is 10.9 Å². The number of pyridine rings is 2. The van der Waals surface area contributed by atoms with E-state index in [2.05, 4.69) is 9.97 Å². The molecule has 6 nitrogen and oxygen atoms in total. The van der Waals surface area contributed by atoms with Crippen molar-refractivity contribution in [2.45, 2.75) is 20.0 Å². The molecule has 0 unspecified atom stereocenters. The van der Waals surface area contributed by atoms with Crippen LogP contribution >= 0.6 is 22.9 Å². The molecule has 0 aliphatic carbocycles. The maximum Gasteiger partial charge on any atom is 0.434 e. The SMILES string of the molecule is CCOC(=O)c1cn(-c2nc(C(F)(F)F)cs2)c2nc(Cl)cc(C)c2c1=O. The van der Waals surface area contributed by atoms with Gasteiger partial charge in [0.15, 0.2) is 16.5 Å². The number of aryl methyl sites for hydroxylation is 1. The topological polar surface area (TPSA) is 74.1 Å². The molecule has 0 N–H and O–H groups in total. The van der Waals surface area contributed by atoms with Crippen LogP contribution in [0.1, 0.15) is 28.5 Å². The average Bonchev–Trinajstić information content (AvgIpc) is 3.04. The quantitative estimate of drug-likeness (QED) is 0.475. The van der Waals surface area contributed by atoms with Gasteiger partial charge >= 0.3 is 12.1 Å². The molecule has 0 bridgehead atoms. The van der Waals surface area contributed by atoms with Gasteiger partial charge in [0, 0.05) is 11.6 Å². The minimum Gasteiger partial charge on any atom is -0.462 e. The Morgan fingerprint density at radius 1 is 1.37 bits per heavy atom. The Morgan fingerprint density at radius 2 is 2.07 bits per heavy atom. The number of fused-ring (bicyclic) bond motifs is 1. The van der Waals surface area contributed by atoms with Gasteiger partial charge in [-0.05, 0) is 25.5 Å². The van der Waals surface area contributed by atoms with Gasteiger partial charge in [-0.15, -0.1) is 11.3 Å². The minimum atomic E-state index is -4.63. The summed E-state index contributed by atoms with van der Waals surface area (Å²) in [7, 11) is 0. The molecule has 0 spiro atoms. The Kier molecular flexibility index (Phi) is 4.96. The summed E-state index contributed by atoms with van der Waals surface area (Å²) in [6, 6.07) is 1.42. The number of aromatic nitrogens is 3. The molecule has 0 saturated heterocycles. The third-order valence-corrected chi connectivity index (χ3v) is 4.64. The van der Waals surface area contributed by atoms with Gasteiger partial charge in [-0.3, -0.25) is 9.36 Å². The monoisotopic (exact) mass is 417 g/mol. The zero-order valence-corrected chi connectivity index (χ0v) is 15.5. The van der Waals surface area contributed by atoms with Crippen molar-refractivity contribution in [2.24, 2.45) is 0 Å². The van der Waals surface area contributed by atoms with Gasteiger partial charge in [0.05, 0.1) is 12.0 Å². The molecule has 0 amide bonds. The molecule has 0 radical (unpaired) electrons. The lowest BCUT2D eigenvalue weighted by molar-refractivity contribution is -0.140. The second-order valence-electron chi connectivity index (χ2n) is 5.44. The molecule has 0 saturated carbocycles. The first-order valence-corrected chi connectivity index (χ1v) is 8.82. The van der Waals surface area contributed by atoms with Crippen LogP contribution in [-0.4, -0.2) is 27.1 Å². The Hall–Kier alpha value is -2.46. The molecule has 0 aliphatic rings. The van der Waals surface area contributed by atoms with E-state index in [1.54, 1.807) is 13.8 Å². The Bertz CT molecular complexity index is 1110. The van der Waals surface area contributed by atoms with Crippen molar-refractivity contribution in [1.29, 1.82) is 0 Å². The number of halogens is 4. The Balaban J connectivity index is 2.37. The fraction of sp³-hybridized carbons (Fsp3) is 0.250. The standard InChI is InChI=1S/C16H11ClF3N3O3S/c1-3-26-14(25)8-5-23(15-21-9(6-27-15)16(18,19)20)13-11(12(8)24)7(2)4-10(17)22-13/h4-6H,3H2,1-2H3. The number of nitrogens with zero attached hydrogens (tertiary/aromatic N) is 3. The molecule has 0 aromatic carbocycles. The third-order valence-electron chi connectivity index (χ3n) is 3.61. The molecule has 3 aromatic rings. The molecule has 3 aromatic heterocycles. The number of alkyl halides is 3. The molecule has 3 rings (SSSR count). The van der Waals surface area contributed by atoms with Gasteiger partial charge in [0.1, 0.15) is 10.7 Å². The molecular formula is C16H11ClF3N3O3S. The first kappa shape index (κ1) is 19.3. The van der Waals surface area contributed by atoms with E-state index in [1.807, 2.05) is 0 Å². The summed E-state index contributed by atoms with van der Waals surface area (Å²) in [4.78, 5) is 32.5. The van der Waals surface area contributed by atoms with E-state index in [9.17, 15) is 22.8 Å². The van der Waals surface area contributed by atoms with E-state index in [1.165, 1.54) is 6.07 Å². The van der Waals surface area contributed by atoms with Gasteiger partial charge in [0.2, 0.25) is 5.43 Å². The van der Waals surface area contributed by atoms with Crippen LogP contribution in [0.25, 0.3) is 16.2 Å². The van der Waals surface area contributed by atoms with Crippen molar-refractivity contribution in [3.8, 4) is 5.13 Å². The van der Waals surface area contributed by atoms with Crippen molar-refractivity contribution in [3.63, 3.8) is 0 Å². The zero-order valence-electron chi connectivity index (χ0n) is 13.9. The highest BCUT2D eigenvalue weighted by Gasteiger charge is 2.34. The van der Waals surface area contributed by atoms with Crippen molar-refractivity contribution in [1.82, 2.24) is 14.5 Å². The second kappa shape index (κ2) is 6.93. The van der Waals surface area contributed by atoms with Crippen molar-refractivity contribution >= 4 is 39.9 Å². The van der Waals surface area contributed by atoms with Crippen LogP contribution in [0.2, 0.25) is 5.15 Å². The fourth-order valence-corrected chi connectivity index (χ4v) is 3.51. The average molecular weight is 418 g/mol. The lowest BCUT2D eigenvalue weighted by Gasteiger charge is -2.12. The summed E-state index contributed by atoms with van der Waals surface area (Å²) in [6.07, 6.45) is -3.56. The van der Waals surface area contributed by atoms with E-state index in [4.69, 9.17) is 16.3 Å². The smallest absolute Gasteiger partial charge is 0.434 e. The Labute approximate surface area is 159 Å². The summed E-state index contributed by atoms with van der Waals surface area (Å²) in [5, 5.41) is 0.811. The number of thiazole rings is 1. The molecule has 3 heterocycles. The van der Waals surface area contributed by atoms with Gasteiger partial charge < -0.3 is 4.74 Å². The lowest BCUT2D eigenvalue weighted by atomic mass is 10.1. The molecular weight excluding hydrogens is 407 g/mol. The van der Waals surface area contributed by atoms with Gasteiger partial charge in [0.25, 0.3) is 0 Å². The van der Waals surface area contributed by atoms with Crippen LogP contribution in [0, 0.1) is 6.92 Å². The highest BCUT2D eigenvalue weighted by atomic mass is 35.5. The summed E-state index contributed by atoms with van der Waals surface area (Å²) >= 11 is 6.64.